The van der Waals surface area contributed by atoms with Crippen molar-refractivity contribution in [2.24, 2.45) is 5.50 Å². The van der Waals surface area contributed by atoms with Crippen LogP contribution in [0.4, 0.5) is 5.69 Å². The molecule has 0 amide bonds. The van der Waals surface area contributed by atoms with Gasteiger partial charge < -0.3 is 15.1 Å². The van der Waals surface area contributed by atoms with Gasteiger partial charge in [-0.15, -0.1) is 0 Å². The molecule has 0 aliphatic heterocycles. The molecular weight excluding hydrogens is 485 g/mol. The second kappa shape index (κ2) is 5.87. The molecule has 0 saturated carbocycles. The number of nitrogens with one attached hydrogen (secondary N) is 1. The van der Waals surface area contributed by atoms with E-state index in [0.29, 0.717) is 12.1 Å². The molecule has 0 fully saturated rings. The van der Waals surface area contributed by atoms with Crippen molar-refractivity contribution in [3.8, 4) is 5.75 Å². The number of phenols is 1. The first kappa shape index (κ1) is 15.9. The molecule has 96 valence electrons. The van der Waals surface area contributed by atoms with E-state index in [1.165, 1.54) is 0 Å². The van der Waals surface area contributed by atoms with E-state index >= 15 is 0 Å². The maximum Gasteiger partial charge on any atom is 0.218 e. The van der Waals surface area contributed by atoms with Gasteiger partial charge in [0.2, 0.25) is 6.57 Å². The average Bonchev–Trinajstić information content (AvgIpc) is 2.05. The maximum atomic E-state index is 9.75. The van der Waals surface area contributed by atoms with E-state index in [4.69, 9.17) is 17.3 Å². The first-order chi connectivity index (χ1) is 7.57. The zero-order valence-electron chi connectivity index (χ0n) is 9.02. The second-order valence-corrected chi connectivity index (χ2v) is 13.8. The van der Waals surface area contributed by atoms with E-state index < -0.39 is 6.57 Å². The quantitative estimate of drug-likeness (QED) is 0.222. The summed E-state index contributed by atoms with van der Waals surface area (Å²) in [5, 5.41) is 12.4. The summed E-state index contributed by atoms with van der Waals surface area (Å²) in [6.07, 6.45) is 0.703. The van der Waals surface area contributed by atoms with Crippen molar-refractivity contribution < 1.29 is 10.00 Å². The predicted molar refractivity (Wildman–Crippen MR) is 92.6 cm³/mol. The third kappa shape index (κ3) is 6.53. The lowest BCUT2D eigenvalue weighted by molar-refractivity contribution is 0.468. The molecule has 1 rings (SSSR count). The zero-order chi connectivity index (χ0) is 13.3. The molecule has 1 unspecified atom stereocenters. The van der Waals surface area contributed by atoms with Crippen LogP contribution in [0.25, 0.3) is 0 Å². The number of hydrogen-bond donors (Lipinski definition) is 4. The number of phenolic OH excluding ortho intramolecular Hbond substituents is 1. The number of halogens is 2. The Labute approximate surface area is 133 Å². The van der Waals surface area contributed by atoms with Gasteiger partial charge >= 0.3 is 0 Å². The molecule has 0 radical (unpaired) electrons. The maximum absolute atomic E-state index is 9.75. The molecule has 0 saturated heterocycles. The molecule has 17 heavy (non-hydrogen) atoms. The first-order valence-corrected chi connectivity index (χ1v) is 9.64. The highest BCUT2D eigenvalue weighted by atomic mass is 127. The van der Waals surface area contributed by atoms with Gasteiger partial charge in [-0.05, 0) is 48.9 Å². The van der Waals surface area contributed by atoms with Crippen LogP contribution in [-0.4, -0.2) is 11.4 Å². The topological polar surface area (TPSA) is 78.5 Å². The molecule has 0 heterocycles. The summed E-state index contributed by atoms with van der Waals surface area (Å²) in [6.45, 7) is -0.913. The summed E-state index contributed by atoms with van der Waals surface area (Å²) in [7, 11) is 0. The zero-order valence-corrected chi connectivity index (χ0v) is 15.0. The molecule has 8 heteroatoms. The predicted octanol–water partition coefficient (Wildman–Crippen LogP) is 3.11. The third-order valence-electron chi connectivity index (χ3n) is 1.87. The Bertz CT molecular complexity index is 459. The Kier molecular flexibility index (Phi) is 5.49. The highest BCUT2D eigenvalue weighted by Crippen LogP contribution is 2.37. The van der Waals surface area contributed by atoms with Gasteiger partial charge in [-0.25, -0.2) is 0 Å². The van der Waals surface area contributed by atoms with Crippen LogP contribution in [0, 0.1) is 0 Å². The molecule has 0 aromatic heterocycles. The number of hydrogen-bond acceptors (Lipinski definition) is 2. The minimum absolute atomic E-state index is 0.00769. The van der Waals surface area contributed by atoms with Gasteiger partial charge in [0.25, 0.3) is 0 Å². The van der Waals surface area contributed by atoms with E-state index in [1.54, 1.807) is 18.2 Å². The average molecular weight is 498 g/mol. The molecule has 1 aromatic rings. The highest BCUT2D eigenvalue weighted by Gasteiger charge is 2.18. The van der Waals surface area contributed by atoms with Crippen LogP contribution in [0.1, 0.15) is 12.5 Å². The van der Waals surface area contributed by atoms with Crippen LogP contribution in [-0.2, 0) is 18.2 Å². The summed E-state index contributed by atoms with van der Waals surface area (Å²) >= 11 is 9.33. The Morgan fingerprint density at radius 2 is 2.12 bits per heavy atom. The molecule has 1 atom stereocenters. The Morgan fingerprint density at radius 1 is 1.53 bits per heavy atom. The number of nitrogens with two attached hydrogens (primary N) is 1. The van der Waals surface area contributed by atoms with Crippen LogP contribution >= 0.6 is 51.7 Å². The molecule has 0 bridgehead atoms. The fourth-order valence-corrected chi connectivity index (χ4v) is 2.96. The fraction of sp³-hybridized carbons (Fsp3) is 0.333. The van der Waals surface area contributed by atoms with Gasteiger partial charge in [0.15, 0.2) is 0 Å². The van der Waals surface area contributed by atoms with Crippen LogP contribution in [0.2, 0.25) is 0 Å². The van der Waals surface area contributed by atoms with Gasteiger partial charge in [0.1, 0.15) is 5.75 Å². The van der Waals surface area contributed by atoms with E-state index in [9.17, 15) is 10.00 Å². The lowest BCUT2D eigenvalue weighted by Crippen LogP contribution is -2.09. The number of aromatic hydroxyl groups is 1. The summed E-state index contributed by atoms with van der Waals surface area (Å²) in [5.41, 5.74) is 6.81. The van der Waals surface area contributed by atoms with E-state index in [1.807, 2.05) is 0 Å². The standard InChI is InChI=1S/C9H13I2N2O2PS/c1-9(10,11)5-6-4-7(2-3-8(6)14)13-16(12,15)17/h2-4,14H,5H2,1H3,(H4,12,13,15,17). The van der Waals surface area contributed by atoms with E-state index in [-0.39, 0.29) is 7.18 Å². The van der Waals surface area contributed by atoms with Gasteiger partial charge in [-0.3, -0.25) is 5.50 Å². The molecule has 0 aliphatic carbocycles. The largest absolute Gasteiger partial charge is 0.508 e. The molecule has 0 aliphatic rings. The summed E-state index contributed by atoms with van der Waals surface area (Å²) < 4.78 is 0.00769. The van der Waals surface area contributed by atoms with Gasteiger partial charge in [-0.2, -0.15) is 0 Å². The monoisotopic (exact) mass is 498 g/mol. The van der Waals surface area contributed by atoms with Crippen LogP contribution in [0.5, 0.6) is 5.75 Å². The molecule has 0 spiro atoms. The van der Waals surface area contributed by atoms with Crippen LogP contribution in [0.15, 0.2) is 18.2 Å². The van der Waals surface area contributed by atoms with E-state index in [2.05, 4.69) is 57.2 Å². The van der Waals surface area contributed by atoms with Crippen molar-refractivity contribution >= 4 is 69.2 Å². The van der Waals surface area contributed by atoms with Crippen molar-refractivity contribution in [2.45, 2.75) is 14.8 Å². The molecule has 5 N–H and O–H groups in total. The Hall–Kier alpha value is 0.850. The summed E-state index contributed by atoms with van der Waals surface area (Å²) in [5.74, 6) is 0.235. The van der Waals surface area contributed by atoms with Crippen molar-refractivity contribution in [2.75, 3.05) is 5.09 Å². The Balaban J connectivity index is 2.99. The molecule has 1 aromatic carbocycles. The summed E-state index contributed by atoms with van der Waals surface area (Å²) in [4.78, 5) is 9.39. The number of alkyl halides is 2. The fourth-order valence-electron chi connectivity index (χ4n) is 1.32. The smallest absolute Gasteiger partial charge is 0.218 e. The van der Waals surface area contributed by atoms with Crippen molar-refractivity contribution in [1.29, 1.82) is 0 Å². The second-order valence-electron chi connectivity index (χ2n) is 3.83. The normalized spacial score (nSPS) is 15.4. The minimum atomic E-state index is -2.98. The summed E-state index contributed by atoms with van der Waals surface area (Å²) in [6, 6.07) is 4.97. The van der Waals surface area contributed by atoms with Crippen molar-refractivity contribution in [3.63, 3.8) is 0 Å². The van der Waals surface area contributed by atoms with Gasteiger partial charge in [0.05, 0.1) is 1.43 Å². The van der Waals surface area contributed by atoms with E-state index in [0.717, 1.165) is 5.56 Å². The Morgan fingerprint density at radius 3 is 2.59 bits per heavy atom. The van der Waals surface area contributed by atoms with Gasteiger partial charge in [-0.1, -0.05) is 45.2 Å². The first-order valence-electron chi connectivity index (χ1n) is 4.66. The number of benzene rings is 1. The third-order valence-corrected chi connectivity index (χ3v) is 3.48. The van der Waals surface area contributed by atoms with Crippen LogP contribution in [0.3, 0.4) is 0 Å². The van der Waals surface area contributed by atoms with Crippen molar-refractivity contribution in [1.82, 2.24) is 0 Å². The molecule has 4 nitrogen and oxygen atoms in total. The minimum Gasteiger partial charge on any atom is -0.508 e. The highest BCUT2D eigenvalue weighted by molar-refractivity contribution is 14.2. The van der Waals surface area contributed by atoms with Gasteiger partial charge in [0, 0.05) is 5.69 Å². The number of rotatable bonds is 4. The molecular formula is C9H13I2N2O2PS. The lowest BCUT2D eigenvalue weighted by atomic mass is 10.1. The lowest BCUT2D eigenvalue weighted by Gasteiger charge is -2.17. The SMILES string of the molecule is CC(I)(I)Cc1cc(NP(N)(O)=S)ccc1O. The number of anilines is 1. The van der Waals surface area contributed by atoms with Crippen molar-refractivity contribution in [3.05, 3.63) is 23.8 Å². The van der Waals surface area contributed by atoms with Crippen LogP contribution < -0.4 is 10.6 Å².